The van der Waals surface area contributed by atoms with Crippen LogP contribution in [-0.4, -0.2) is 15.8 Å². The van der Waals surface area contributed by atoms with E-state index in [1.54, 1.807) is 0 Å². The van der Waals surface area contributed by atoms with Gasteiger partial charge in [0.2, 0.25) is 0 Å². The molecule has 0 aromatic carbocycles. The molecule has 0 aliphatic heterocycles. The SMILES string of the molecule is CC1CC(Nc2ccn(C)n2)C1C. The molecule has 0 spiro atoms. The summed E-state index contributed by atoms with van der Waals surface area (Å²) in [6.07, 6.45) is 3.24. The number of nitrogens with one attached hydrogen (secondary N) is 1. The van der Waals surface area contributed by atoms with Crippen LogP contribution in [0.4, 0.5) is 5.82 Å². The lowest BCUT2D eigenvalue weighted by Gasteiger charge is -2.41. The zero-order valence-corrected chi connectivity index (χ0v) is 8.49. The van der Waals surface area contributed by atoms with Gasteiger partial charge in [0.05, 0.1) is 0 Å². The number of hydrogen-bond donors (Lipinski definition) is 1. The lowest BCUT2D eigenvalue weighted by molar-refractivity contribution is 0.188. The summed E-state index contributed by atoms with van der Waals surface area (Å²) in [5.74, 6) is 2.65. The van der Waals surface area contributed by atoms with Crippen LogP contribution in [-0.2, 0) is 7.05 Å². The van der Waals surface area contributed by atoms with Gasteiger partial charge in [-0.2, -0.15) is 5.10 Å². The van der Waals surface area contributed by atoms with Crippen molar-refractivity contribution in [2.45, 2.75) is 26.3 Å². The molecule has 1 N–H and O–H groups in total. The molecule has 1 aliphatic carbocycles. The van der Waals surface area contributed by atoms with Crippen LogP contribution in [0.25, 0.3) is 0 Å². The average Bonchev–Trinajstić information content (AvgIpc) is 2.50. The first-order valence-electron chi connectivity index (χ1n) is 4.93. The molecule has 1 heterocycles. The zero-order chi connectivity index (χ0) is 9.42. The summed E-state index contributed by atoms with van der Waals surface area (Å²) in [6.45, 7) is 4.61. The minimum atomic E-state index is 0.630. The van der Waals surface area contributed by atoms with Gasteiger partial charge in [-0.05, 0) is 18.3 Å². The van der Waals surface area contributed by atoms with Gasteiger partial charge in [0.15, 0.2) is 0 Å². The van der Waals surface area contributed by atoms with Gasteiger partial charge in [0.25, 0.3) is 0 Å². The highest BCUT2D eigenvalue weighted by Gasteiger charge is 2.34. The number of nitrogens with zero attached hydrogens (tertiary/aromatic N) is 2. The van der Waals surface area contributed by atoms with Crippen molar-refractivity contribution in [3.8, 4) is 0 Å². The molecule has 0 bridgehead atoms. The maximum absolute atomic E-state index is 4.30. The fraction of sp³-hybridized carbons (Fsp3) is 0.700. The van der Waals surface area contributed by atoms with E-state index in [0.29, 0.717) is 6.04 Å². The lowest BCUT2D eigenvalue weighted by atomic mass is 9.71. The van der Waals surface area contributed by atoms with Crippen LogP contribution >= 0.6 is 0 Å². The van der Waals surface area contributed by atoms with Crippen molar-refractivity contribution in [1.82, 2.24) is 9.78 Å². The van der Waals surface area contributed by atoms with Gasteiger partial charge in [0, 0.05) is 25.4 Å². The van der Waals surface area contributed by atoms with Crippen LogP contribution in [0, 0.1) is 11.8 Å². The second-order valence-corrected chi connectivity index (χ2v) is 4.20. The molecule has 1 aliphatic rings. The van der Waals surface area contributed by atoms with E-state index in [0.717, 1.165) is 17.7 Å². The lowest BCUT2D eigenvalue weighted by Crippen LogP contribution is -2.43. The fourth-order valence-electron chi connectivity index (χ4n) is 1.90. The standard InChI is InChI=1S/C10H17N3/c1-7-6-9(8(7)2)11-10-4-5-13(3)12-10/h4-5,7-9H,6H2,1-3H3,(H,11,12). The summed E-state index contributed by atoms with van der Waals surface area (Å²) >= 11 is 0. The highest BCUT2D eigenvalue weighted by molar-refractivity contribution is 5.34. The molecule has 0 amide bonds. The minimum Gasteiger partial charge on any atom is -0.366 e. The Balaban J connectivity index is 1.93. The second kappa shape index (κ2) is 3.05. The van der Waals surface area contributed by atoms with Crippen molar-refractivity contribution in [3.63, 3.8) is 0 Å². The van der Waals surface area contributed by atoms with Crippen molar-refractivity contribution in [3.05, 3.63) is 12.3 Å². The average molecular weight is 179 g/mol. The molecule has 1 aromatic rings. The zero-order valence-electron chi connectivity index (χ0n) is 8.49. The molecule has 1 saturated carbocycles. The number of rotatable bonds is 2. The number of anilines is 1. The van der Waals surface area contributed by atoms with Crippen LogP contribution in [0.2, 0.25) is 0 Å². The molecule has 13 heavy (non-hydrogen) atoms. The Morgan fingerprint density at radius 2 is 2.31 bits per heavy atom. The molecular weight excluding hydrogens is 162 g/mol. The van der Waals surface area contributed by atoms with Gasteiger partial charge in [-0.15, -0.1) is 0 Å². The molecule has 1 aromatic heterocycles. The van der Waals surface area contributed by atoms with Gasteiger partial charge in [-0.3, -0.25) is 4.68 Å². The van der Waals surface area contributed by atoms with Gasteiger partial charge in [-0.1, -0.05) is 13.8 Å². The summed E-state index contributed by atoms with van der Waals surface area (Å²) in [6, 6.07) is 2.65. The van der Waals surface area contributed by atoms with Gasteiger partial charge in [-0.25, -0.2) is 0 Å². The van der Waals surface area contributed by atoms with E-state index in [1.165, 1.54) is 6.42 Å². The van der Waals surface area contributed by atoms with Crippen LogP contribution in [0.3, 0.4) is 0 Å². The maximum atomic E-state index is 4.30. The molecule has 2 rings (SSSR count). The van der Waals surface area contributed by atoms with Crippen molar-refractivity contribution in [1.29, 1.82) is 0 Å². The van der Waals surface area contributed by atoms with E-state index in [1.807, 2.05) is 24.0 Å². The van der Waals surface area contributed by atoms with Crippen LogP contribution in [0.15, 0.2) is 12.3 Å². The summed E-state index contributed by atoms with van der Waals surface area (Å²) < 4.78 is 1.83. The second-order valence-electron chi connectivity index (χ2n) is 4.20. The number of hydrogen-bond acceptors (Lipinski definition) is 2. The first-order chi connectivity index (χ1) is 6.16. The summed E-state index contributed by atoms with van der Waals surface area (Å²) in [4.78, 5) is 0. The van der Waals surface area contributed by atoms with Crippen molar-refractivity contribution in [2.24, 2.45) is 18.9 Å². The Hall–Kier alpha value is -0.990. The van der Waals surface area contributed by atoms with E-state index in [9.17, 15) is 0 Å². The Labute approximate surface area is 79.1 Å². The first kappa shape index (κ1) is 8.60. The fourth-order valence-corrected chi connectivity index (χ4v) is 1.90. The highest BCUT2D eigenvalue weighted by atomic mass is 15.3. The molecule has 3 unspecified atom stereocenters. The van der Waals surface area contributed by atoms with E-state index in [-0.39, 0.29) is 0 Å². The Morgan fingerprint density at radius 1 is 1.54 bits per heavy atom. The smallest absolute Gasteiger partial charge is 0.148 e. The third-order valence-electron chi connectivity index (χ3n) is 3.20. The van der Waals surface area contributed by atoms with Crippen molar-refractivity contribution < 1.29 is 0 Å². The van der Waals surface area contributed by atoms with Crippen molar-refractivity contribution in [2.75, 3.05) is 5.32 Å². The summed E-state index contributed by atoms with van der Waals surface area (Å²) in [5.41, 5.74) is 0. The normalized spacial score (nSPS) is 32.7. The molecule has 0 saturated heterocycles. The predicted octanol–water partition coefficient (Wildman–Crippen LogP) is 1.88. The monoisotopic (exact) mass is 179 g/mol. The van der Waals surface area contributed by atoms with Crippen LogP contribution < -0.4 is 5.32 Å². The topological polar surface area (TPSA) is 29.9 Å². The third-order valence-corrected chi connectivity index (χ3v) is 3.20. The Kier molecular flexibility index (Phi) is 2.02. The van der Waals surface area contributed by atoms with E-state index >= 15 is 0 Å². The van der Waals surface area contributed by atoms with Crippen LogP contribution in [0.1, 0.15) is 20.3 Å². The van der Waals surface area contributed by atoms with Crippen LogP contribution in [0.5, 0.6) is 0 Å². The number of aromatic nitrogens is 2. The van der Waals surface area contributed by atoms with Gasteiger partial charge >= 0.3 is 0 Å². The quantitative estimate of drug-likeness (QED) is 0.751. The maximum Gasteiger partial charge on any atom is 0.148 e. The molecular formula is C10H17N3. The molecule has 3 atom stereocenters. The predicted molar refractivity (Wildman–Crippen MR) is 53.6 cm³/mol. The van der Waals surface area contributed by atoms with E-state index in [2.05, 4.69) is 24.3 Å². The van der Waals surface area contributed by atoms with E-state index < -0.39 is 0 Å². The molecule has 3 heteroatoms. The minimum absolute atomic E-state index is 0.630. The molecule has 0 radical (unpaired) electrons. The number of aryl methyl sites for hydroxylation is 1. The van der Waals surface area contributed by atoms with Gasteiger partial charge in [0.1, 0.15) is 5.82 Å². The molecule has 1 fully saturated rings. The molecule has 3 nitrogen and oxygen atoms in total. The summed E-state index contributed by atoms with van der Waals surface area (Å²) in [7, 11) is 1.94. The highest BCUT2D eigenvalue weighted by Crippen LogP contribution is 2.35. The molecule has 72 valence electrons. The largest absolute Gasteiger partial charge is 0.366 e. The first-order valence-corrected chi connectivity index (χ1v) is 4.93. The van der Waals surface area contributed by atoms with Crippen molar-refractivity contribution >= 4 is 5.82 Å². The van der Waals surface area contributed by atoms with E-state index in [4.69, 9.17) is 0 Å². The van der Waals surface area contributed by atoms with Gasteiger partial charge < -0.3 is 5.32 Å². The third kappa shape index (κ3) is 1.55. The Morgan fingerprint density at radius 3 is 2.77 bits per heavy atom. The Bertz CT molecular complexity index is 292. The summed E-state index contributed by atoms with van der Waals surface area (Å²) in [5, 5.41) is 7.74.